The molecular weight excluding hydrogens is 338 g/mol. The molecule has 4 rings (SSSR count). The van der Waals surface area contributed by atoms with Crippen LogP contribution in [0.1, 0.15) is 17.6 Å². The van der Waals surface area contributed by atoms with Gasteiger partial charge in [-0.1, -0.05) is 17.7 Å². The number of benzene rings is 1. The minimum Gasteiger partial charge on any atom is -0.444 e. The van der Waals surface area contributed by atoms with Crippen molar-refractivity contribution in [1.29, 1.82) is 0 Å². The molecule has 1 saturated heterocycles. The molecule has 3 heterocycles. The molecule has 1 fully saturated rings. The van der Waals surface area contributed by atoms with Crippen molar-refractivity contribution in [1.82, 2.24) is 24.8 Å². The Hall–Kier alpha value is -2.15. The molecule has 1 aliphatic heterocycles. The van der Waals surface area contributed by atoms with Crippen LogP contribution in [0.2, 0.25) is 5.02 Å². The van der Waals surface area contributed by atoms with Gasteiger partial charge in [0.2, 0.25) is 5.89 Å². The molecule has 1 atom stereocenters. The van der Waals surface area contributed by atoms with Crippen molar-refractivity contribution in [2.75, 3.05) is 19.6 Å². The summed E-state index contributed by atoms with van der Waals surface area (Å²) in [4.78, 5) is 11.5. The number of aromatic nitrogens is 3. The third-order valence-electron chi connectivity index (χ3n) is 4.50. The molecule has 2 aromatic heterocycles. The smallest absolute Gasteiger partial charge is 0.226 e. The number of piperazine rings is 1. The van der Waals surface area contributed by atoms with Crippen LogP contribution in [0.5, 0.6) is 0 Å². The fraction of sp³-hybridized carbons (Fsp3) is 0.333. The van der Waals surface area contributed by atoms with Gasteiger partial charge >= 0.3 is 0 Å². The molecule has 0 amide bonds. The Labute approximate surface area is 151 Å². The van der Waals surface area contributed by atoms with Crippen LogP contribution in [0.3, 0.4) is 0 Å². The summed E-state index contributed by atoms with van der Waals surface area (Å²) in [5.74, 6) is 1.66. The number of nitrogens with zero attached hydrogens (tertiary/aromatic N) is 4. The zero-order valence-electron chi connectivity index (χ0n) is 14.0. The lowest BCUT2D eigenvalue weighted by molar-refractivity contribution is 0.143. The third kappa shape index (κ3) is 3.46. The predicted octanol–water partition coefficient (Wildman–Crippen LogP) is 2.88. The molecule has 3 aromatic rings. The van der Waals surface area contributed by atoms with Crippen LogP contribution in [-0.4, -0.2) is 39.1 Å². The molecule has 1 aliphatic rings. The van der Waals surface area contributed by atoms with Crippen molar-refractivity contribution in [2.45, 2.75) is 12.6 Å². The largest absolute Gasteiger partial charge is 0.444 e. The average molecular weight is 358 g/mol. The summed E-state index contributed by atoms with van der Waals surface area (Å²) in [7, 11) is 2.03. The lowest BCUT2D eigenvalue weighted by Gasteiger charge is -2.35. The first kappa shape index (κ1) is 16.3. The van der Waals surface area contributed by atoms with E-state index in [4.69, 9.17) is 16.0 Å². The molecule has 1 N–H and O–H groups in total. The summed E-state index contributed by atoms with van der Waals surface area (Å²) < 4.78 is 7.74. The van der Waals surface area contributed by atoms with E-state index in [0.29, 0.717) is 10.9 Å². The number of halogens is 1. The van der Waals surface area contributed by atoms with Gasteiger partial charge in [0.1, 0.15) is 12.1 Å². The Balaban J connectivity index is 1.54. The topological polar surface area (TPSA) is 59.1 Å². The van der Waals surface area contributed by atoms with Crippen molar-refractivity contribution in [3.05, 3.63) is 59.5 Å². The minimum absolute atomic E-state index is 0.222. The molecule has 1 unspecified atom stereocenters. The Bertz CT molecular complexity index is 859. The van der Waals surface area contributed by atoms with Gasteiger partial charge in [0.15, 0.2) is 0 Å². The van der Waals surface area contributed by atoms with E-state index in [0.717, 1.165) is 43.3 Å². The van der Waals surface area contributed by atoms with Gasteiger partial charge in [-0.05, 0) is 18.2 Å². The summed E-state index contributed by atoms with van der Waals surface area (Å²) in [6.45, 7) is 3.50. The number of hydrogen-bond acceptors (Lipinski definition) is 5. The first-order valence-electron chi connectivity index (χ1n) is 8.33. The summed E-state index contributed by atoms with van der Waals surface area (Å²) in [6.07, 6.45) is 5.55. The SMILES string of the molecule is Cn1ccnc1C1CNCCN1Cc1coc(-c2cccc(Cl)c2)n1. The Morgan fingerprint density at radius 3 is 3.12 bits per heavy atom. The van der Waals surface area contributed by atoms with E-state index in [2.05, 4.69) is 24.8 Å². The maximum Gasteiger partial charge on any atom is 0.226 e. The molecule has 25 heavy (non-hydrogen) atoms. The standard InChI is InChI=1S/C18H20ClN5O/c1-23-7-6-21-17(23)16-10-20-5-8-24(16)11-15-12-25-18(22-15)13-3-2-4-14(19)9-13/h2-4,6-7,9,12,16,20H,5,8,10-11H2,1H3. The lowest BCUT2D eigenvalue weighted by Crippen LogP contribution is -2.46. The van der Waals surface area contributed by atoms with Crippen LogP contribution in [-0.2, 0) is 13.6 Å². The molecule has 0 aliphatic carbocycles. The maximum atomic E-state index is 6.05. The summed E-state index contributed by atoms with van der Waals surface area (Å²) in [5.41, 5.74) is 1.80. The number of rotatable bonds is 4. The number of hydrogen-bond donors (Lipinski definition) is 1. The first-order valence-corrected chi connectivity index (χ1v) is 8.71. The van der Waals surface area contributed by atoms with E-state index in [1.54, 1.807) is 6.26 Å². The van der Waals surface area contributed by atoms with Gasteiger partial charge in [-0.25, -0.2) is 9.97 Å². The van der Waals surface area contributed by atoms with Crippen LogP contribution in [0, 0.1) is 0 Å². The van der Waals surface area contributed by atoms with Crippen LogP contribution in [0.4, 0.5) is 0 Å². The zero-order chi connectivity index (χ0) is 17.2. The Kier molecular flexibility index (Phi) is 4.57. The van der Waals surface area contributed by atoms with Crippen LogP contribution in [0.25, 0.3) is 11.5 Å². The molecule has 130 valence electrons. The van der Waals surface area contributed by atoms with Crippen LogP contribution >= 0.6 is 11.6 Å². The average Bonchev–Trinajstić information content (AvgIpc) is 3.25. The molecular formula is C18H20ClN5O. The second-order valence-corrected chi connectivity index (χ2v) is 6.68. The first-order chi connectivity index (χ1) is 12.2. The van der Waals surface area contributed by atoms with Gasteiger partial charge < -0.3 is 14.3 Å². The quantitative estimate of drug-likeness (QED) is 0.778. The van der Waals surface area contributed by atoms with Gasteiger partial charge in [-0.3, -0.25) is 4.90 Å². The number of aryl methyl sites for hydroxylation is 1. The van der Waals surface area contributed by atoms with Gasteiger partial charge in [0, 0.05) is 56.2 Å². The Morgan fingerprint density at radius 2 is 2.32 bits per heavy atom. The number of imidazole rings is 1. The second kappa shape index (κ2) is 7.00. The van der Waals surface area contributed by atoms with Gasteiger partial charge in [0.25, 0.3) is 0 Å². The molecule has 7 heteroatoms. The van der Waals surface area contributed by atoms with Crippen molar-refractivity contribution >= 4 is 11.6 Å². The summed E-state index contributed by atoms with van der Waals surface area (Å²) in [5, 5.41) is 4.13. The highest BCUT2D eigenvalue weighted by molar-refractivity contribution is 6.30. The van der Waals surface area contributed by atoms with Crippen molar-refractivity contribution < 1.29 is 4.42 Å². The monoisotopic (exact) mass is 357 g/mol. The van der Waals surface area contributed by atoms with E-state index in [1.807, 2.05) is 43.7 Å². The summed E-state index contributed by atoms with van der Waals surface area (Å²) >= 11 is 6.05. The highest BCUT2D eigenvalue weighted by atomic mass is 35.5. The maximum absolute atomic E-state index is 6.05. The van der Waals surface area contributed by atoms with Gasteiger partial charge in [0.05, 0.1) is 11.7 Å². The van der Waals surface area contributed by atoms with Crippen molar-refractivity contribution in [3.8, 4) is 11.5 Å². The molecule has 0 bridgehead atoms. The van der Waals surface area contributed by atoms with E-state index < -0.39 is 0 Å². The van der Waals surface area contributed by atoms with Crippen LogP contribution < -0.4 is 5.32 Å². The molecule has 6 nitrogen and oxygen atoms in total. The van der Waals surface area contributed by atoms with E-state index in [1.165, 1.54) is 0 Å². The zero-order valence-corrected chi connectivity index (χ0v) is 14.8. The van der Waals surface area contributed by atoms with Gasteiger partial charge in [-0.15, -0.1) is 0 Å². The number of nitrogens with one attached hydrogen (secondary N) is 1. The van der Waals surface area contributed by atoms with Gasteiger partial charge in [-0.2, -0.15) is 0 Å². The Morgan fingerprint density at radius 1 is 1.40 bits per heavy atom. The van der Waals surface area contributed by atoms with Crippen LogP contribution in [0.15, 0.2) is 47.3 Å². The molecule has 0 saturated carbocycles. The number of oxazole rings is 1. The fourth-order valence-corrected chi connectivity index (χ4v) is 3.42. The normalized spacial score (nSPS) is 18.6. The minimum atomic E-state index is 0.222. The lowest BCUT2D eigenvalue weighted by atomic mass is 10.1. The van der Waals surface area contributed by atoms with E-state index >= 15 is 0 Å². The molecule has 0 spiro atoms. The summed E-state index contributed by atoms with van der Waals surface area (Å²) in [6, 6.07) is 7.77. The predicted molar refractivity (Wildman–Crippen MR) is 96.2 cm³/mol. The highest BCUT2D eigenvalue weighted by Crippen LogP contribution is 2.25. The highest BCUT2D eigenvalue weighted by Gasteiger charge is 2.27. The van der Waals surface area contributed by atoms with E-state index in [9.17, 15) is 0 Å². The van der Waals surface area contributed by atoms with E-state index in [-0.39, 0.29) is 6.04 Å². The molecule has 1 aromatic carbocycles. The molecule has 0 radical (unpaired) electrons. The van der Waals surface area contributed by atoms with Crippen molar-refractivity contribution in [2.24, 2.45) is 7.05 Å². The van der Waals surface area contributed by atoms with Crippen molar-refractivity contribution in [3.63, 3.8) is 0 Å². The fourth-order valence-electron chi connectivity index (χ4n) is 3.23. The third-order valence-corrected chi connectivity index (χ3v) is 4.73. The second-order valence-electron chi connectivity index (χ2n) is 6.24.